The van der Waals surface area contributed by atoms with Gasteiger partial charge in [-0.1, -0.05) is 11.6 Å². The summed E-state index contributed by atoms with van der Waals surface area (Å²) in [5.41, 5.74) is 3.07. The SMILES string of the molecule is Clc1ccc2c(c1)C[NH+](C1CC1)Cc1nnc(N3CC4(C[NH2+]C4)C3)n1-2. The molecule has 1 aliphatic carbocycles. The molecule has 4 aliphatic rings. The number of hydrogen-bond acceptors (Lipinski definition) is 3. The monoisotopic (exact) mass is 358 g/mol. The Morgan fingerprint density at radius 2 is 2.00 bits per heavy atom. The highest BCUT2D eigenvalue weighted by Crippen LogP contribution is 2.36. The van der Waals surface area contributed by atoms with E-state index in [0.29, 0.717) is 5.41 Å². The van der Waals surface area contributed by atoms with Crippen LogP contribution >= 0.6 is 11.6 Å². The predicted molar refractivity (Wildman–Crippen MR) is 94.1 cm³/mol. The van der Waals surface area contributed by atoms with Gasteiger partial charge in [-0.3, -0.25) is 4.57 Å². The van der Waals surface area contributed by atoms with Gasteiger partial charge in [-0.05, 0) is 18.2 Å². The number of hydrogen-bond donors (Lipinski definition) is 2. The number of anilines is 1. The lowest BCUT2D eigenvalue weighted by molar-refractivity contribution is -0.938. The highest BCUT2D eigenvalue weighted by Gasteiger charge is 2.53. The molecule has 3 N–H and O–H groups in total. The van der Waals surface area contributed by atoms with E-state index in [1.807, 2.05) is 6.07 Å². The van der Waals surface area contributed by atoms with E-state index < -0.39 is 0 Å². The lowest BCUT2D eigenvalue weighted by atomic mass is 9.75. The van der Waals surface area contributed by atoms with E-state index in [-0.39, 0.29) is 0 Å². The summed E-state index contributed by atoms with van der Waals surface area (Å²) in [7, 11) is 0. The molecule has 3 fully saturated rings. The lowest BCUT2D eigenvalue weighted by Gasteiger charge is -2.52. The first-order valence-corrected chi connectivity index (χ1v) is 9.73. The molecule has 3 aliphatic heterocycles. The molecule has 6 rings (SSSR count). The van der Waals surface area contributed by atoms with E-state index in [0.717, 1.165) is 49.0 Å². The fourth-order valence-electron chi connectivity index (χ4n) is 4.79. The molecule has 4 heterocycles. The van der Waals surface area contributed by atoms with Crippen molar-refractivity contribution in [2.24, 2.45) is 5.41 Å². The molecule has 1 aromatic carbocycles. The number of aromatic nitrogens is 3. The van der Waals surface area contributed by atoms with Crippen LogP contribution in [0.15, 0.2) is 18.2 Å². The van der Waals surface area contributed by atoms with Gasteiger partial charge < -0.3 is 15.1 Å². The normalized spacial score (nSPS) is 26.4. The van der Waals surface area contributed by atoms with Crippen LogP contribution in [-0.4, -0.2) is 47.0 Å². The summed E-state index contributed by atoms with van der Waals surface area (Å²) in [5.74, 6) is 2.12. The fraction of sp³-hybridized carbons (Fsp3) is 0.556. The summed E-state index contributed by atoms with van der Waals surface area (Å²) >= 11 is 6.31. The second-order valence-electron chi connectivity index (χ2n) is 8.36. The van der Waals surface area contributed by atoms with Crippen LogP contribution in [0.3, 0.4) is 0 Å². The maximum absolute atomic E-state index is 6.31. The molecule has 0 amide bonds. The Morgan fingerprint density at radius 3 is 2.72 bits per heavy atom. The second kappa shape index (κ2) is 4.96. The third kappa shape index (κ3) is 2.17. The van der Waals surface area contributed by atoms with Crippen LogP contribution in [0.25, 0.3) is 5.69 Å². The number of benzene rings is 1. The van der Waals surface area contributed by atoms with Gasteiger partial charge in [-0.25, -0.2) is 0 Å². The zero-order valence-electron chi connectivity index (χ0n) is 14.2. The molecule has 2 saturated heterocycles. The van der Waals surface area contributed by atoms with Crippen molar-refractivity contribution in [2.45, 2.75) is 32.0 Å². The van der Waals surface area contributed by atoms with E-state index in [1.54, 1.807) is 4.90 Å². The van der Waals surface area contributed by atoms with Gasteiger partial charge in [-0.2, -0.15) is 0 Å². The smallest absolute Gasteiger partial charge is 0.232 e. The highest BCUT2D eigenvalue weighted by atomic mass is 35.5. The van der Waals surface area contributed by atoms with Gasteiger partial charge in [0.25, 0.3) is 0 Å². The molecular formula is C18H23ClN6+2. The summed E-state index contributed by atoms with van der Waals surface area (Å²) in [5, 5.41) is 12.4. The van der Waals surface area contributed by atoms with Gasteiger partial charge in [0.2, 0.25) is 5.95 Å². The quantitative estimate of drug-likeness (QED) is 0.751. The van der Waals surface area contributed by atoms with E-state index >= 15 is 0 Å². The number of nitrogens with one attached hydrogen (secondary N) is 1. The van der Waals surface area contributed by atoms with Crippen molar-refractivity contribution in [1.82, 2.24) is 14.8 Å². The maximum Gasteiger partial charge on any atom is 0.232 e. The maximum atomic E-state index is 6.31. The Bertz CT molecular complexity index is 845. The molecule has 130 valence electrons. The minimum Gasteiger partial charge on any atom is -0.345 e. The molecule has 1 atom stereocenters. The Morgan fingerprint density at radius 1 is 1.16 bits per heavy atom. The number of nitrogens with two attached hydrogens (primary N) is 1. The molecule has 1 spiro atoms. The summed E-state index contributed by atoms with van der Waals surface area (Å²) in [4.78, 5) is 4.01. The molecule has 7 heteroatoms. The van der Waals surface area contributed by atoms with Crippen molar-refractivity contribution in [3.63, 3.8) is 0 Å². The molecule has 6 nitrogen and oxygen atoms in total. The van der Waals surface area contributed by atoms with Crippen LogP contribution < -0.4 is 15.1 Å². The van der Waals surface area contributed by atoms with Crippen LogP contribution in [-0.2, 0) is 13.1 Å². The van der Waals surface area contributed by atoms with Crippen LogP contribution in [0.2, 0.25) is 5.02 Å². The largest absolute Gasteiger partial charge is 0.345 e. The topological polar surface area (TPSA) is 55.0 Å². The van der Waals surface area contributed by atoms with E-state index in [1.165, 1.54) is 37.2 Å². The predicted octanol–water partition coefficient (Wildman–Crippen LogP) is -0.635. The summed E-state index contributed by atoms with van der Waals surface area (Å²) in [6.07, 6.45) is 2.66. The van der Waals surface area contributed by atoms with Gasteiger partial charge >= 0.3 is 0 Å². The van der Waals surface area contributed by atoms with Crippen LogP contribution in [0.5, 0.6) is 0 Å². The molecular weight excluding hydrogens is 336 g/mol. The van der Waals surface area contributed by atoms with Crippen molar-refractivity contribution in [3.8, 4) is 5.69 Å². The highest BCUT2D eigenvalue weighted by molar-refractivity contribution is 6.30. The minimum atomic E-state index is 0.533. The fourth-order valence-corrected chi connectivity index (χ4v) is 4.99. The van der Waals surface area contributed by atoms with Crippen molar-refractivity contribution in [1.29, 1.82) is 0 Å². The van der Waals surface area contributed by atoms with Gasteiger partial charge in [0.15, 0.2) is 5.82 Å². The first-order chi connectivity index (χ1) is 12.2. The van der Waals surface area contributed by atoms with Crippen molar-refractivity contribution < 1.29 is 10.2 Å². The first kappa shape index (κ1) is 14.5. The lowest BCUT2D eigenvalue weighted by Crippen LogP contribution is -3.10. The zero-order valence-corrected chi connectivity index (χ0v) is 15.0. The Labute approximate surface area is 151 Å². The van der Waals surface area contributed by atoms with Gasteiger partial charge in [-0.15, -0.1) is 10.2 Å². The van der Waals surface area contributed by atoms with Gasteiger partial charge in [0.1, 0.15) is 18.5 Å². The number of quaternary nitrogens is 2. The molecule has 2 aromatic rings. The average Bonchev–Trinajstić information content (AvgIpc) is 3.29. The minimum absolute atomic E-state index is 0.533. The zero-order chi connectivity index (χ0) is 16.6. The molecule has 0 bridgehead atoms. The summed E-state index contributed by atoms with van der Waals surface area (Å²) < 4.78 is 2.30. The van der Waals surface area contributed by atoms with Crippen LogP contribution in [0.1, 0.15) is 24.2 Å². The van der Waals surface area contributed by atoms with Gasteiger partial charge in [0.05, 0.1) is 24.8 Å². The molecule has 1 saturated carbocycles. The van der Waals surface area contributed by atoms with Crippen molar-refractivity contribution in [2.75, 3.05) is 31.1 Å². The third-order valence-electron chi connectivity index (χ3n) is 6.44. The molecule has 25 heavy (non-hydrogen) atoms. The molecule has 1 unspecified atom stereocenters. The van der Waals surface area contributed by atoms with Crippen LogP contribution in [0, 0.1) is 5.41 Å². The molecule has 1 aromatic heterocycles. The Hall–Kier alpha value is -1.63. The Kier molecular flexibility index (Phi) is 2.88. The summed E-state index contributed by atoms with van der Waals surface area (Å²) in [6.45, 7) is 6.74. The van der Waals surface area contributed by atoms with Gasteiger partial charge in [0, 0.05) is 36.5 Å². The van der Waals surface area contributed by atoms with Crippen molar-refractivity contribution >= 4 is 17.5 Å². The molecule has 0 radical (unpaired) electrons. The van der Waals surface area contributed by atoms with Crippen LogP contribution in [0.4, 0.5) is 5.95 Å². The standard InChI is InChI=1S/C18H21ClN6/c19-13-1-4-15-12(5-13)6-23(14-2-3-14)7-16-21-22-17(25(15)16)24-10-18(11-24)8-20-9-18/h1,4-5,14,20H,2-3,6-11H2/p+2. The van der Waals surface area contributed by atoms with Crippen molar-refractivity contribution in [3.05, 3.63) is 34.6 Å². The number of rotatable bonds is 2. The van der Waals surface area contributed by atoms with E-state index in [2.05, 4.69) is 37.1 Å². The van der Waals surface area contributed by atoms with E-state index in [9.17, 15) is 0 Å². The average molecular weight is 359 g/mol. The third-order valence-corrected chi connectivity index (χ3v) is 6.68. The second-order valence-corrected chi connectivity index (χ2v) is 8.80. The number of halogens is 1. The number of nitrogens with zero attached hydrogens (tertiary/aromatic N) is 4. The first-order valence-electron chi connectivity index (χ1n) is 9.35. The summed E-state index contributed by atoms with van der Waals surface area (Å²) in [6, 6.07) is 7.05. The number of fused-ring (bicyclic) bond motifs is 3. The van der Waals surface area contributed by atoms with E-state index in [4.69, 9.17) is 11.6 Å². The Balaban J connectivity index is 1.43.